The number of rotatable bonds is 3. The molecule has 1 fully saturated rings. The molecule has 3 rings (SSSR count). The minimum Gasteiger partial charge on any atom is -0.383 e. The van der Waals surface area contributed by atoms with Crippen LogP contribution in [0.4, 0.5) is 0 Å². The zero-order valence-electron chi connectivity index (χ0n) is 13.0. The lowest BCUT2D eigenvalue weighted by molar-refractivity contribution is -0.0323. The SMILES string of the molecule is Cc1ccc(C2(O)CCN(CC3CC=CCC3)CC2)nc1. The predicted octanol–water partition coefficient (Wildman–Crippen LogP) is 3.03. The summed E-state index contributed by atoms with van der Waals surface area (Å²) in [6.07, 6.45) is 11.8. The second-order valence-corrected chi connectivity index (χ2v) is 6.70. The van der Waals surface area contributed by atoms with E-state index in [-0.39, 0.29) is 0 Å². The number of aliphatic hydroxyl groups is 1. The first-order valence-electron chi connectivity index (χ1n) is 8.19. The fraction of sp³-hybridized carbons (Fsp3) is 0.611. The third-order valence-corrected chi connectivity index (χ3v) is 4.97. The molecule has 114 valence electrons. The molecule has 21 heavy (non-hydrogen) atoms. The number of aromatic nitrogens is 1. The number of hydrogen-bond acceptors (Lipinski definition) is 3. The highest BCUT2D eigenvalue weighted by atomic mass is 16.3. The minimum atomic E-state index is -0.726. The molecule has 0 bridgehead atoms. The summed E-state index contributed by atoms with van der Waals surface area (Å²) >= 11 is 0. The quantitative estimate of drug-likeness (QED) is 0.868. The third kappa shape index (κ3) is 3.53. The second kappa shape index (κ2) is 6.29. The van der Waals surface area contributed by atoms with Crippen molar-refractivity contribution in [3.63, 3.8) is 0 Å². The van der Waals surface area contributed by atoms with Crippen LogP contribution in [0.25, 0.3) is 0 Å². The van der Waals surface area contributed by atoms with Crippen molar-refractivity contribution in [2.45, 2.75) is 44.6 Å². The van der Waals surface area contributed by atoms with Gasteiger partial charge in [-0.05, 0) is 56.6 Å². The van der Waals surface area contributed by atoms with Gasteiger partial charge in [0.05, 0.1) is 5.69 Å². The van der Waals surface area contributed by atoms with Crippen molar-refractivity contribution in [3.05, 3.63) is 41.7 Å². The summed E-state index contributed by atoms with van der Waals surface area (Å²) in [5.74, 6) is 0.804. The number of hydrogen-bond donors (Lipinski definition) is 1. The number of pyridine rings is 1. The van der Waals surface area contributed by atoms with Crippen LogP contribution in [0.1, 0.15) is 43.4 Å². The number of aryl methyl sites for hydroxylation is 1. The summed E-state index contributed by atoms with van der Waals surface area (Å²) in [7, 11) is 0. The van der Waals surface area contributed by atoms with Gasteiger partial charge in [-0.2, -0.15) is 0 Å². The molecule has 0 amide bonds. The maximum atomic E-state index is 10.9. The smallest absolute Gasteiger partial charge is 0.109 e. The lowest BCUT2D eigenvalue weighted by atomic mass is 9.86. The average Bonchev–Trinajstić information content (AvgIpc) is 2.51. The van der Waals surface area contributed by atoms with Gasteiger partial charge >= 0.3 is 0 Å². The number of nitrogens with zero attached hydrogens (tertiary/aromatic N) is 2. The van der Waals surface area contributed by atoms with Crippen molar-refractivity contribution in [3.8, 4) is 0 Å². The number of likely N-dealkylation sites (tertiary alicyclic amines) is 1. The zero-order chi connectivity index (χ0) is 14.7. The van der Waals surface area contributed by atoms with E-state index >= 15 is 0 Å². The summed E-state index contributed by atoms with van der Waals surface area (Å²) in [6.45, 7) is 5.17. The van der Waals surface area contributed by atoms with Crippen LogP contribution in [-0.4, -0.2) is 34.6 Å². The van der Waals surface area contributed by atoms with Crippen molar-refractivity contribution in [2.75, 3.05) is 19.6 Å². The van der Waals surface area contributed by atoms with E-state index < -0.39 is 5.60 Å². The summed E-state index contributed by atoms with van der Waals surface area (Å²) in [4.78, 5) is 6.96. The van der Waals surface area contributed by atoms with Gasteiger partial charge < -0.3 is 10.0 Å². The second-order valence-electron chi connectivity index (χ2n) is 6.70. The molecule has 1 saturated heterocycles. The van der Waals surface area contributed by atoms with E-state index in [4.69, 9.17) is 0 Å². The van der Waals surface area contributed by atoms with E-state index in [9.17, 15) is 5.11 Å². The van der Waals surface area contributed by atoms with Gasteiger partial charge in [0.1, 0.15) is 5.60 Å². The molecule has 0 saturated carbocycles. The van der Waals surface area contributed by atoms with Gasteiger partial charge in [-0.1, -0.05) is 18.2 Å². The van der Waals surface area contributed by atoms with E-state index in [0.717, 1.165) is 43.1 Å². The first-order chi connectivity index (χ1) is 10.2. The van der Waals surface area contributed by atoms with Crippen LogP contribution in [-0.2, 0) is 5.60 Å². The molecule has 3 heteroatoms. The average molecular weight is 286 g/mol. The fourth-order valence-electron chi connectivity index (χ4n) is 3.49. The van der Waals surface area contributed by atoms with Crippen molar-refractivity contribution >= 4 is 0 Å². The topological polar surface area (TPSA) is 36.4 Å². The van der Waals surface area contributed by atoms with E-state index in [1.165, 1.54) is 25.8 Å². The Bertz CT molecular complexity index is 486. The maximum absolute atomic E-state index is 10.9. The Morgan fingerprint density at radius 2 is 2.10 bits per heavy atom. The Balaban J connectivity index is 1.56. The zero-order valence-corrected chi connectivity index (χ0v) is 13.0. The first-order valence-corrected chi connectivity index (χ1v) is 8.19. The van der Waals surface area contributed by atoms with Crippen LogP contribution in [0.5, 0.6) is 0 Å². The Labute approximate surface area is 127 Å². The molecule has 2 aliphatic rings. The van der Waals surface area contributed by atoms with Crippen LogP contribution in [0.3, 0.4) is 0 Å². The molecular formula is C18H26N2O. The molecule has 0 spiro atoms. The van der Waals surface area contributed by atoms with Gasteiger partial charge in [-0.15, -0.1) is 0 Å². The summed E-state index contributed by atoms with van der Waals surface area (Å²) in [6, 6.07) is 4.03. The van der Waals surface area contributed by atoms with Gasteiger partial charge in [-0.3, -0.25) is 4.98 Å². The molecule has 1 atom stereocenters. The van der Waals surface area contributed by atoms with Crippen LogP contribution >= 0.6 is 0 Å². The summed E-state index contributed by atoms with van der Waals surface area (Å²) < 4.78 is 0. The number of piperidine rings is 1. The molecule has 2 heterocycles. The monoisotopic (exact) mass is 286 g/mol. The highest BCUT2D eigenvalue weighted by Gasteiger charge is 2.35. The van der Waals surface area contributed by atoms with Crippen molar-refractivity contribution in [1.29, 1.82) is 0 Å². The Morgan fingerprint density at radius 1 is 1.29 bits per heavy atom. The van der Waals surface area contributed by atoms with E-state index in [0.29, 0.717) is 0 Å². The van der Waals surface area contributed by atoms with Gasteiger partial charge in [0, 0.05) is 25.8 Å². The van der Waals surface area contributed by atoms with Gasteiger partial charge in [0.25, 0.3) is 0 Å². The molecule has 1 aromatic heterocycles. The Hall–Kier alpha value is -1.19. The molecular weight excluding hydrogens is 260 g/mol. The Morgan fingerprint density at radius 3 is 2.71 bits per heavy atom. The van der Waals surface area contributed by atoms with Crippen molar-refractivity contribution in [1.82, 2.24) is 9.88 Å². The molecule has 3 nitrogen and oxygen atoms in total. The lowest BCUT2D eigenvalue weighted by Gasteiger charge is -2.39. The van der Waals surface area contributed by atoms with Crippen molar-refractivity contribution < 1.29 is 5.11 Å². The fourth-order valence-corrected chi connectivity index (χ4v) is 3.49. The summed E-state index contributed by atoms with van der Waals surface area (Å²) in [5.41, 5.74) is 1.26. The molecule has 0 radical (unpaired) electrons. The predicted molar refractivity (Wildman–Crippen MR) is 85.0 cm³/mol. The van der Waals surface area contributed by atoms with Crippen LogP contribution < -0.4 is 0 Å². The molecule has 1 unspecified atom stereocenters. The van der Waals surface area contributed by atoms with Crippen LogP contribution in [0.2, 0.25) is 0 Å². The van der Waals surface area contributed by atoms with Gasteiger partial charge in [0.2, 0.25) is 0 Å². The largest absolute Gasteiger partial charge is 0.383 e. The standard InChI is InChI=1S/C18H26N2O/c1-15-7-8-17(19-13-15)18(21)9-11-20(12-10-18)14-16-5-3-2-4-6-16/h2-3,7-8,13,16,21H,4-6,9-12,14H2,1H3. The van der Waals surface area contributed by atoms with Crippen LogP contribution in [0.15, 0.2) is 30.5 Å². The summed E-state index contributed by atoms with van der Waals surface area (Å²) in [5, 5.41) is 10.9. The van der Waals surface area contributed by atoms with Crippen LogP contribution in [0, 0.1) is 12.8 Å². The van der Waals surface area contributed by atoms with Gasteiger partial charge in [0.15, 0.2) is 0 Å². The third-order valence-electron chi connectivity index (χ3n) is 4.97. The molecule has 1 aliphatic carbocycles. The van der Waals surface area contributed by atoms with Gasteiger partial charge in [-0.25, -0.2) is 0 Å². The molecule has 1 aromatic rings. The highest BCUT2D eigenvalue weighted by molar-refractivity contribution is 5.18. The minimum absolute atomic E-state index is 0.726. The molecule has 1 N–H and O–H groups in total. The van der Waals surface area contributed by atoms with E-state index in [1.54, 1.807) is 0 Å². The highest BCUT2D eigenvalue weighted by Crippen LogP contribution is 2.32. The number of allylic oxidation sites excluding steroid dienone is 2. The maximum Gasteiger partial charge on any atom is 0.109 e. The van der Waals surface area contributed by atoms with E-state index in [2.05, 4.69) is 22.0 Å². The van der Waals surface area contributed by atoms with E-state index in [1.807, 2.05) is 25.3 Å². The molecule has 1 aliphatic heterocycles. The lowest BCUT2D eigenvalue weighted by Crippen LogP contribution is -2.44. The first kappa shape index (κ1) is 14.7. The Kier molecular flexibility index (Phi) is 4.41. The normalized spacial score (nSPS) is 25.9. The van der Waals surface area contributed by atoms with Crippen molar-refractivity contribution in [2.24, 2.45) is 5.92 Å². The molecule has 0 aromatic carbocycles.